The molecular formula is C10H15N3O2. The van der Waals surface area contributed by atoms with Crippen molar-refractivity contribution < 1.29 is 4.79 Å². The Labute approximate surface area is 88.1 Å². The van der Waals surface area contributed by atoms with Gasteiger partial charge in [0.15, 0.2) is 0 Å². The van der Waals surface area contributed by atoms with E-state index in [0.717, 1.165) is 12.8 Å². The van der Waals surface area contributed by atoms with Crippen molar-refractivity contribution in [2.45, 2.75) is 26.3 Å². The molecule has 1 aromatic heterocycles. The van der Waals surface area contributed by atoms with Crippen LogP contribution in [0.25, 0.3) is 0 Å². The Kier molecular flexibility index (Phi) is 4.53. The monoisotopic (exact) mass is 209 g/mol. The van der Waals surface area contributed by atoms with Crippen LogP contribution in [-0.2, 0) is 11.3 Å². The molecule has 1 N–H and O–H groups in total. The van der Waals surface area contributed by atoms with E-state index >= 15 is 0 Å². The zero-order chi connectivity index (χ0) is 11.1. The third-order valence-electron chi connectivity index (χ3n) is 1.97. The minimum absolute atomic E-state index is 0.0606. The van der Waals surface area contributed by atoms with Crippen LogP contribution >= 0.6 is 0 Å². The van der Waals surface area contributed by atoms with Gasteiger partial charge in [0.1, 0.15) is 6.54 Å². The molecule has 0 aliphatic carbocycles. The van der Waals surface area contributed by atoms with E-state index in [1.807, 2.05) is 0 Å². The average molecular weight is 209 g/mol. The lowest BCUT2D eigenvalue weighted by atomic mass is 10.3. The molecule has 82 valence electrons. The molecule has 0 radical (unpaired) electrons. The van der Waals surface area contributed by atoms with Crippen LogP contribution in [0.4, 0.5) is 0 Å². The third kappa shape index (κ3) is 3.93. The average Bonchev–Trinajstić information content (AvgIpc) is 2.22. The van der Waals surface area contributed by atoms with E-state index in [9.17, 15) is 9.59 Å². The van der Waals surface area contributed by atoms with Crippen molar-refractivity contribution in [2.75, 3.05) is 6.54 Å². The summed E-state index contributed by atoms with van der Waals surface area (Å²) in [5.41, 5.74) is -0.261. The molecular weight excluding hydrogens is 194 g/mol. The molecule has 0 atom stereocenters. The lowest BCUT2D eigenvalue weighted by Crippen LogP contribution is -2.32. The summed E-state index contributed by atoms with van der Waals surface area (Å²) in [5, 5.41) is 2.74. The van der Waals surface area contributed by atoms with E-state index in [4.69, 9.17) is 0 Å². The largest absolute Gasteiger partial charge is 0.355 e. The maximum Gasteiger partial charge on any atom is 0.269 e. The molecule has 0 fully saturated rings. The van der Waals surface area contributed by atoms with E-state index in [0.29, 0.717) is 6.54 Å². The van der Waals surface area contributed by atoms with Gasteiger partial charge in [-0.1, -0.05) is 13.3 Å². The number of hydrogen-bond donors (Lipinski definition) is 1. The summed E-state index contributed by atoms with van der Waals surface area (Å²) in [6, 6.07) is 0. The SMILES string of the molecule is CCCCNC(=O)Cn1ccncc1=O. The zero-order valence-electron chi connectivity index (χ0n) is 8.77. The highest BCUT2D eigenvalue weighted by atomic mass is 16.2. The van der Waals surface area contributed by atoms with Crippen LogP contribution in [0.3, 0.4) is 0 Å². The molecule has 0 aromatic carbocycles. The Hall–Kier alpha value is -1.65. The predicted octanol–water partition coefficient (Wildman–Crippen LogP) is 0.160. The molecule has 5 nitrogen and oxygen atoms in total. The quantitative estimate of drug-likeness (QED) is 0.702. The summed E-state index contributed by atoms with van der Waals surface area (Å²) in [6.07, 6.45) is 6.17. The number of carbonyl (C=O) groups is 1. The summed E-state index contributed by atoms with van der Waals surface area (Å²) in [4.78, 5) is 26.2. The van der Waals surface area contributed by atoms with Crippen LogP contribution in [0.1, 0.15) is 19.8 Å². The van der Waals surface area contributed by atoms with E-state index in [1.165, 1.54) is 23.2 Å². The number of carbonyl (C=O) groups excluding carboxylic acids is 1. The van der Waals surface area contributed by atoms with Crippen molar-refractivity contribution in [3.8, 4) is 0 Å². The second kappa shape index (κ2) is 5.95. The molecule has 0 aliphatic rings. The standard InChI is InChI=1S/C10H15N3O2/c1-2-3-4-12-9(14)8-13-6-5-11-7-10(13)15/h5-7H,2-4,8H2,1H3,(H,12,14). The second-order valence-electron chi connectivity index (χ2n) is 3.25. The highest BCUT2D eigenvalue weighted by molar-refractivity contribution is 5.75. The molecule has 0 aliphatic heterocycles. The first-order valence-corrected chi connectivity index (χ1v) is 5.01. The van der Waals surface area contributed by atoms with Crippen LogP contribution in [0.2, 0.25) is 0 Å². The van der Waals surface area contributed by atoms with E-state index in [2.05, 4.69) is 17.2 Å². The fraction of sp³-hybridized carbons (Fsp3) is 0.500. The number of unbranched alkanes of at least 4 members (excludes halogenated alkanes) is 1. The van der Waals surface area contributed by atoms with Gasteiger partial charge >= 0.3 is 0 Å². The first-order chi connectivity index (χ1) is 7.24. The van der Waals surface area contributed by atoms with E-state index in [-0.39, 0.29) is 18.0 Å². The normalized spacial score (nSPS) is 9.93. The van der Waals surface area contributed by atoms with Crippen LogP contribution in [0.5, 0.6) is 0 Å². The summed E-state index contributed by atoms with van der Waals surface area (Å²) in [5.74, 6) is -0.142. The van der Waals surface area contributed by atoms with Crippen molar-refractivity contribution in [3.63, 3.8) is 0 Å². The van der Waals surface area contributed by atoms with Crippen molar-refractivity contribution in [1.29, 1.82) is 0 Å². The van der Waals surface area contributed by atoms with Gasteiger partial charge in [-0.3, -0.25) is 14.6 Å². The van der Waals surface area contributed by atoms with Gasteiger partial charge in [-0.05, 0) is 6.42 Å². The highest BCUT2D eigenvalue weighted by Gasteiger charge is 2.02. The number of hydrogen-bond acceptors (Lipinski definition) is 3. The van der Waals surface area contributed by atoms with Gasteiger partial charge in [0.2, 0.25) is 5.91 Å². The van der Waals surface area contributed by atoms with Gasteiger partial charge in [0.25, 0.3) is 5.56 Å². The smallest absolute Gasteiger partial charge is 0.269 e. The molecule has 1 aromatic rings. The number of amides is 1. The third-order valence-corrected chi connectivity index (χ3v) is 1.97. The minimum Gasteiger partial charge on any atom is -0.355 e. The Bertz CT molecular complexity index is 373. The Morgan fingerprint density at radius 3 is 3.07 bits per heavy atom. The van der Waals surface area contributed by atoms with Gasteiger partial charge in [0.05, 0.1) is 6.20 Å². The van der Waals surface area contributed by atoms with Crippen LogP contribution in [0, 0.1) is 0 Å². The molecule has 0 spiro atoms. The molecule has 5 heteroatoms. The number of aromatic nitrogens is 2. The van der Waals surface area contributed by atoms with E-state index in [1.54, 1.807) is 0 Å². The van der Waals surface area contributed by atoms with Crippen molar-refractivity contribution in [3.05, 3.63) is 28.9 Å². The summed E-state index contributed by atoms with van der Waals surface area (Å²) in [7, 11) is 0. The molecule has 0 saturated carbocycles. The van der Waals surface area contributed by atoms with Crippen molar-refractivity contribution >= 4 is 5.91 Å². The van der Waals surface area contributed by atoms with Crippen LogP contribution in [-0.4, -0.2) is 22.0 Å². The lowest BCUT2D eigenvalue weighted by Gasteiger charge is -2.05. The maximum atomic E-state index is 11.3. The van der Waals surface area contributed by atoms with Gasteiger partial charge in [-0.2, -0.15) is 0 Å². The number of rotatable bonds is 5. The summed E-state index contributed by atoms with van der Waals surface area (Å²) >= 11 is 0. The van der Waals surface area contributed by atoms with Crippen molar-refractivity contribution in [1.82, 2.24) is 14.9 Å². The first-order valence-electron chi connectivity index (χ1n) is 5.01. The molecule has 15 heavy (non-hydrogen) atoms. The first kappa shape index (κ1) is 11.4. The van der Waals surface area contributed by atoms with Gasteiger partial charge < -0.3 is 9.88 Å². The minimum atomic E-state index is -0.261. The maximum absolute atomic E-state index is 11.3. The fourth-order valence-corrected chi connectivity index (χ4v) is 1.12. The summed E-state index contributed by atoms with van der Waals surface area (Å²) < 4.78 is 1.33. The molecule has 0 bridgehead atoms. The van der Waals surface area contributed by atoms with Gasteiger partial charge in [-0.25, -0.2) is 0 Å². The molecule has 0 unspecified atom stereocenters. The fourth-order valence-electron chi connectivity index (χ4n) is 1.12. The van der Waals surface area contributed by atoms with Gasteiger partial charge in [-0.15, -0.1) is 0 Å². The number of nitrogens with one attached hydrogen (secondary N) is 1. The Balaban J connectivity index is 2.45. The van der Waals surface area contributed by atoms with Crippen LogP contribution < -0.4 is 10.9 Å². The Morgan fingerprint density at radius 2 is 2.40 bits per heavy atom. The summed E-state index contributed by atoms with van der Waals surface area (Å²) in [6.45, 7) is 2.78. The lowest BCUT2D eigenvalue weighted by molar-refractivity contribution is -0.121. The molecule has 0 saturated heterocycles. The van der Waals surface area contributed by atoms with Gasteiger partial charge in [0, 0.05) is 18.9 Å². The molecule has 1 rings (SSSR count). The van der Waals surface area contributed by atoms with Crippen molar-refractivity contribution in [2.24, 2.45) is 0 Å². The highest BCUT2D eigenvalue weighted by Crippen LogP contribution is 1.84. The zero-order valence-corrected chi connectivity index (χ0v) is 8.77. The van der Waals surface area contributed by atoms with E-state index < -0.39 is 0 Å². The predicted molar refractivity (Wildman–Crippen MR) is 56.4 cm³/mol. The topological polar surface area (TPSA) is 64.0 Å². The molecule has 1 heterocycles. The second-order valence-corrected chi connectivity index (χ2v) is 3.25. The Morgan fingerprint density at radius 1 is 1.60 bits per heavy atom. The van der Waals surface area contributed by atoms with Crippen LogP contribution in [0.15, 0.2) is 23.4 Å². The molecule has 1 amide bonds. The number of nitrogens with zero attached hydrogens (tertiary/aromatic N) is 2.